The molecule has 0 saturated heterocycles. The Kier molecular flexibility index (Phi) is 4.57. The van der Waals surface area contributed by atoms with Crippen LogP contribution in [0.15, 0.2) is 54.0 Å². The fraction of sp³-hybridized carbons (Fsp3) is 0.222. The third kappa shape index (κ3) is 3.51. The zero-order valence-electron chi connectivity index (χ0n) is 12.8. The first-order valence-electron chi connectivity index (χ1n) is 7.49. The molecule has 1 aromatic heterocycles. The second-order valence-corrected chi connectivity index (χ2v) is 6.45. The molecule has 0 amide bonds. The van der Waals surface area contributed by atoms with E-state index in [4.69, 9.17) is 0 Å². The van der Waals surface area contributed by atoms with Crippen LogP contribution in [0.2, 0.25) is 0 Å². The molecule has 2 aromatic carbocycles. The Morgan fingerprint density at radius 1 is 1.26 bits per heavy atom. The molecule has 3 aromatic rings. The van der Waals surface area contributed by atoms with Crippen molar-refractivity contribution in [2.24, 2.45) is 5.92 Å². The SMILES string of the molecule is CC(CN(Cc1cccc2ccccc12)c1nccs1)C(=O)O. The van der Waals surface area contributed by atoms with E-state index in [0.29, 0.717) is 13.1 Å². The number of aliphatic carboxylic acids is 1. The number of aromatic nitrogens is 1. The van der Waals surface area contributed by atoms with Crippen molar-refractivity contribution in [1.82, 2.24) is 4.98 Å². The summed E-state index contributed by atoms with van der Waals surface area (Å²) in [6, 6.07) is 14.5. The molecule has 1 N–H and O–H groups in total. The second-order valence-electron chi connectivity index (χ2n) is 5.57. The van der Waals surface area contributed by atoms with Crippen LogP contribution in [0.25, 0.3) is 10.8 Å². The van der Waals surface area contributed by atoms with E-state index in [1.165, 1.54) is 27.7 Å². The molecular weight excluding hydrogens is 308 g/mol. The molecule has 23 heavy (non-hydrogen) atoms. The molecule has 4 nitrogen and oxygen atoms in total. The van der Waals surface area contributed by atoms with E-state index in [9.17, 15) is 9.90 Å². The van der Waals surface area contributed by atoms with Gasteiger partial charge in [-0.1, -0.05) is 49.4 Å². The van der Waals surface area contributed by atoms with Gasteiger partial charge >= 0.3 is 5.97 Å². The number of benzene rings is 2. The standard InChI is InChI=1S/C18H18N2O2S/c1-13(17(21)22)11-20(18-19-9-10-23-18)12-15-7-4-6-14-5-2-3-8-16(14)15/h2-10,13H,11-12H2,1H3,(H,21,22). The summed E-state index contributed by atoms with van der Waals surface area (Å²) < 4.78 is 0. The largest absolute Gasteiger partial charge is 0.481 e. The summed E-state index contributed by atoms with van der Waals surface area (Å²) in [4.78, 5) is 17.6. The van der Waals surface area contributed by atoms with Gasteiger partial charge in [-0.05, 0) is 16.3 Å². The molecule has 0 aliphatic heterocycles. The fourth-order valence-electron chi connectivity index (χ4n) is 2.63. The summed E-state index contributed by atoms with van der Waals surface area (Å²) in [5.74, 6) is -1.24. The van der Waals surface area contributed by atoms with Gasteiger partial charge in [0.2, 0.25) is 0 Å². The van der Waals surface area contributed by atoms with E-state index >= 15 is 0 Å². The van der Waals surface area contributed by atoms with E-state index in [1.54, 1.807) is 13.1 Å². The summed E-state index contributed by atoms with van der Waals surface area (Å²) in [5.41, 5.74) is 1.18. The molecule has 3 rings (SSSR count). The summed E-state index contributed by atoms with van der Waals surface area (Å²) in [6.45, 7) is 2.81. The van der Waals surface area contributed by atoms with E-state index in [-0.39, 0.29) is 0 Å². The molecule has 0 aliphatic carbocycles. The van der Waals surface area contributed by atoms with Gasteiger partial charge in [0, 0.05) is 24.7 Å². The average molecular weight is 326 g/mol. The first kappa shape index (κ1) is 15.5. The zero-order valence-corrected chi connectivity index (χ0v) is 13.7. The van der Waals surface area contributed by atoms with Crippen molar-refractivity contribution in [1.29, 1.82) is 0 Å². The molecular formula is C18H18N2O2S. The highest BCUT2D eigenvalue weighted by atomic mass is 32.1. The van der Waals surface area contributed by atoms with Crippen LogP contribution in [0.4, 0.5) is 5.13 Å². The smallest absolute Gasteiger partial charge is 0.308 e. The highest BCUT2D eigenvalue weighted by molar-refractivity contribution is 7.13. The monoisotopic (exact) mass is 326 g/mol. The molecule has 0 bridgehead atoms. The molecule has 0 aliphatic rings. The van der Waals surface area contributed by atoms with Gasteiger partial charge in [-0.25, -0.2) is 4.98 Å². The van der Waals surface area contributed by atoms with Crippen molar-refractivity contribution in [3.63, 3.8) is 0 Å². The topological polar surface area (TPSA) is 53.4 Å². The van der Waals surface area contributed by atoms with Crippen LogP contribution >= 0.6 is 11.3 Å². The Morgan fingerprint density at radius 3 is 2.78 bits per heavy atom. The first-order chi connectivity index (χ1) is 11.1. The molecule has 1 heterocycles. The quantitative estimate of drug-likeness (QED) is 0.743. The van der Waals surface area contributed by atoms with Crippen molar-refractivity contribution in [2.45, 2.75) is 13.5 Å². The normalized spacial score (nSPS) is 12.2. The van der Waals surface area contributed by atoms with Gasteiger partial charge in [0.25, 0.3) is 0 Å². The number of nitrogens with zero attached hydrogens (tertiary/aromatic N) is 2. The molecule has 1 unspecified atom stereocenters. The van der Waals surface area contributed by atoms with Gasteiger partial charge in [-0.2, -0.15) is 0 Å². The second kappa shape index (κ2) is 6.79. The minimum absolute atomic E-state index is 0.437. The Balaban J connectivity index is 1.92. The lowest BCUT2D eigenvalue weighted by molar-refractivity contribution is -0.140. The van der Waals surface area contributed by atoms with Gasteiger partial charge in [0.1, 0.15) is 0 Å². The Hall–Kier alpha value is -2.40. The Labute approximate surface area is 139 Å². The van der Waals surface area contributed by atoms with Crippen LogP contribution < -0.4 is 4.90 Å². The van der Waals surface area contributed by atoms with Gasteiger partial charge in [-0.3, -0.25) is 4.79 Å². The lowest BCUT2D eigenvalue weighted by Gasteiger charge is -2.24. The van der Waals surface area contributed by atoms with E-state index in [1.807, 2.05) is 28.5 Å². The minimum Gasteiger partial charge on any atom is -0.481 e. The summed E-state index contributed by atoms with van der Waals surface area (Å²) in [6.07, 6.45) is 1.75. The number of hydrogen-bond donors (Lipinski definition) is 1. The molecule has 0 radical (unpaired) electrons. The highest BCUT2D eigenvalue weighted by Crippen LogP contribution is 2.25. The van der Waals surface area contributed by atoms with Gasteiger partial charge in [-0.15, -0.1) is 11.3 Å². The first-order valence-corrected chi connectivity index (χ1v) is 8.37. The molecule has 1 atom stereocenters. The summed E-state index contributed by atoms with van der Waals surface area (Å²) in [7, 11) is 0. The number of thiazole rings is 1. The molecule has 118 valence electrons. The average Bonchev–Trinajstić information content (AvgIpc) is 3.08. The van der Waals surface area contributed by atoms with Crippen molar-refractivity contribution >= 4 is 33.2 Å². The number of carboxylic acids is 1. The third-order valence-electron chi connectivity index (χ3n) is 3.85. The van der Waals surface area contributed by atoms with Crippen LogP contribution in [-0.2, 0) is 11.3 Å². The van der Waals surface area contributed by atoms with Gasteiger partial charge in [0.15, 0.2) is 5.13 Å². The van der Waals surface area contributed by atoms with Crippen molar-refractivity contribution in [3.8, 4) is 0 Å². The highest BCUT2D eigenvalue weighted by Gasteiger charge is 2.19. The Bertz CT molecular complexity index is 796. The predicted molar refractivity (Wildman–Crippen MR) is 93.9 cm³/mol. The van der Waals surface area contributed by atoms with Crippen LogP contribution in [-0.4, -0.2) is 22.6 Å². The summed E-state index contributed by atoms with van der Waals surface area (Å²) in [5, 5.41) is 14.4. The third-order valence-corrected chi connectivity index (χ3v) is 4.68. The lowest BCUT2D eigenvalue weighted by Crippen LogP contribution is -2.31. The number of hydrogen-bond acceptors (Lipinski definition) is 4. The molecule has 0 spiro atoms. The Morgan fingerprint density at radius 2 is 2.04 bits per heavy atom. The van der Waals surface area contributed by atoms with E-state index < -0.39 is 11.9 Å². The zero-order chi connectivity index (χ0) is 16.2. The van der Waals surface area contributed by atoms with Crippen LogP contribution in [0.3, 0.4) is 0 Å². The maximum absolute atomic E-state index is 11.2. The maximum atomic E-state index is 11.2. The van der Waals surface area contributed by atoms with Crippen LogP contribution in [0.1, 0.15) is 12.5 Å². The summed E-state index contributed by atoms with van der Waals surface area (Å²) >= 11 is 1.53. The number of rotatable bonds is 6. The van der Waals surface area contributed by atoms with Crippen molar-refractivity contribution in [3.05, 3.63) is 59.6 Å². The van der Waals surface area contributed by atoms with Gasteiger partial charge in [0.05, 0.1) is 5.92 Å². The molecule has 5 heteroatoms. The van der Waals surface area contributed by atoms with E-state index in [2.05, 4.69) is 29.2 Å². The van der Waals surface area contributed by atoms with Gasteiger partial charge < -0.3 is 10.0 Å². The fourth-order valence-corrected chi connectivity index (χ4v) is 3.28. The number of carbonyl (C=O) groups is 1. The van der Waals surface area contributed by atoms with Crippen molar-refractivity contribution in [2.75, 3.05) is 11.4 Å². The van der Waals surface area contributed by atoms with Crippen LogP contribution in [0.5, 0.6) is 0 Å². The molecule has 0 fully saturated rings. The maximum Gasteiger partial charge on any atom is 0.308 e. The molecule has 0 saturated carbocycles. The lowest BCUT2D eigenvalue weighted by atomic mass is 10.0. The number of carboxylic acid groups (broad SMARTS) is 1. The van der Waals surface area contributed by atoms with E-state index in [0.717, 1.165) is 5.13 Å². The number of anilines is 1. The number of fused-ring (bicyclic) bond motifs is 1. The van der Waals surface area contributed by atoms with Crippen molar-refractivity contribution < 1.29 is 9.90 Å². The predicted octanol–water partition coefficient (Wildman–Crippen LogP) is 4.02. The minimum atomic E-state index is -0.788. The van der Waals surface area contributed by atoms with Crippen LogP contribution in [0, 0.1) is 5.92 Å².